The second-order valence-electron chi connectivity index (χ2n) is 5.06. The minimum atomic E-state index is 0.132. The van der Waals surface area contributed by atoms with Crippen LogP contribution in [0.3, 0.4) is 0 Å². The van der Waals surface area contributed by atoms with Gasteiger partial charge in [0.05, 0.1) is 18.2 Å². The van der Waals surface area contributed by atoms with E-state index in [0.717, 1.165) is 42.9 Å². The van der Waals surface area contributed by atoms with Crippen molar-refractivity contribution in [2.24, 2.45) is 0 Å². The highest BCUT2D eigenvalue weighted by molar-refractivity contribution is 6.02. The molecule has 1 atom stereocenters. The van der Waals surface area contributed by atoms with Crippen molar-refractivity contribution in [1.82, 2.24) is 10.2 Å². The zero-order valence-corrected chi connectivity index (χ0v) is 11.5. The maximum absolute atomic E-state index is 12.5. The molecule has 0 saturated carbocycles. The summed E-state index contributed by atoms with van der Waals surface area (Å²) < 4.78 is 5.70. The van der Waals surface area contributed by atoms with Gasteiger partial charge in [0.25, 0.3) is 5.91 Å². The van der Waals surface area contributed by atoms with E-state index in [2.05, 4.69) is 18.3 Å². The molecule has 0 bridgehead atoms. The summed E-state index contributed by atoms with van der Waals surface area (Å²) in [6.07, 6.45) is 0.960. The van der Waals surface area contributed by atoms with Crippen molar-refractivity contribution < 1.29 is 9.53 Å². The van der Waals surface area contributed by atoms with Crippen LogP contribution in [0.4, 0.5) is 0 Å². The molecular weight excluding hydrogens is 240 g/mol. The second-order valence-corrected chi connectivity index (χ2v) is 5.06. The third-order valence-electron chi connectivity index (χ3n) is 3.98. The van der Waals surface area contributed by atoms with Crippen LogP contribution in [0.15, 0.2) is 12.1 Å². The number of nitrogens with zero attached hydrogens (tertiary/aromatic N) is 1. The predicted molar refractivity (Wildman–Crippen MR) is 73.6 cm³/mol. The van der Waals surface area contributed by atoms with Crippen LogP contribution in [0.25, 0.3) is 0 Å². The quantitative estimate of drug-likeness (QED) is 0.900. The van der Waals surface area contributed by atoms with Crippen LogP contribution in [-0.4, -0.2) is 37.0 Å². The van der Waals surface area contributed by atoms with Gasteiger partial charge in [-0.25, -0.2) is 0 Å². The second kappa shape index (κ2) is 4.85. The zero-order valence-electron chi connectivity index (χ0n) is 11.5. The maximum atomic E-state index is 12.5. The van der Waals surface area contributed by atoms with Gasteiger partial charge in [-0.15, -0.1) is 0 Å². The number of aryl methyl sites for hydroxylation is 1. The van der Waals surface area contributed by atoms with Gasteiger partial charge in [-0.3, -0.25) is 4.79 Å². The normalized spacial score (nSPS) is 21.3. The fourth-order valence-electron chi connectivity index (χ4n) is 3.03. The number of ether oxygens (including phenoxy) is 1. The molecule has 1 unspecified atom stereocenters. The minimum absolute atomic E-state index is 0.132. The van der Waals surface area contributed by atoms with Crippen LogP contribution in [-0.2, 0) is 6.42 Å². The molecule has 4 nitrogen and oxygen atoms in total. The molecule has 1 saturated heterocycles. The molecule has 3 rings (SSSR count). The monoisotopic (exact) mass is 260 g/mol. The SMILES string of the molecule is CCOc1cc(CC)cc2c1C(=O)N1CCNCC21. The minimum Gasteiger partial charge on any atom is -0.493 e. The van der Waals surface area contributed by atoms with Gasteiger partial charge in [0.2, 0.25) is 0 Å². The number of hydrogen-bond donors (Lipinski definition) is 1. The Bertz CT molecular complexity index is 513. The first kappa shape index (κ1) is 12.5. The van der Waals surface area contributed by atoms with Crippen LogP contribution in [0.1, 0.15) is 41.4 Å². The summed E-state index contributed by atoms with van der Waals surface area (Å²) >= 11 is 0. The highest BCUT2D eigenvalue weighted by Crippen LogP contribution is 2.40. The Morgan fingerprint density at radius 3 is 3.00 bits per heavy atom. The van der Waals surface area contributed by atoms with Crippen LogP contribution in [0, 0.1) is 0 Å². The summed E-state index contributed by atoms with van der Waals surface area (Å²) in [7, 11) is 0. The molecule has 4 heteroatoms. The van der Waals surface area contributed by atoms with Gasteiger partial charge in [-0.05, 0) is 30.5 Å². The fourth-order valence-corrected chi connectivity index (χ4v) is 3.03. The first-order valence-electron chi connectivity index (χ1n) is 7.07. The zero-order chi connectivity index (χ0) is 13.4. The van der Waals surface area contributed by atoms with Crippen molar-refractivity contribution in [3.63, 3.8) is 0 Å². The molecule has 0 aliphatic carbocycles. The van der Waals surface area contributed by atoms with E-state index < -0.39 is 0 Å². The molecule has 0 aromatic heterocycles. The Morgan fingerprint density at radius 1 is 1.42 bits per heavy atom. The fraction of sp³-hybridized carbons (Fsp3) is 0.533. The summed E-state index contributed by atoms with van der Waals surface area (Å²) in [5.74, 6) is 0.892. The molecule has 1 amide bonds. The number of fused-ring (bicyclic) bond motifs is 3. The lowest BCUT2D eigenvalue weighted by atomic mass is 9.98. The van der Waals surface area contributed by atoms with Gasteiger partial charge in [-0.2, -0.15) is 0 Å². The van der Waals surface area contributed by atoms with Crippen molar-refractivity contribution in [1.29, 1.82) is 0 Å². The predicted octanol–water partition coefficient (Wildman–Crippen LogP) is 1.75. The van der Waals surface area contributed by atoms with Gasteiger partial charge in [0.1, 0.15) is 5.75 Å². The van der Waals surface area contributed by atoms with E-state index in [1.54, 1.807) is 0 Å². The standard InChI is InChI=1S/C15H20N2O2/c1-3-10-7-11-12-9-16-5-6-17(12)15(18)14(11)13(8-10)19-4-2/h7-8,12,16H,3-6,9H2,1-2H3. The van der Waals surface area contributed by atoms with E-state index in [0.29, 0.717) is 6.61 Å². The molecule has 1 N–H and O–H groups in total. The molecule has 1 aromatic rings. The molecule has 1 fully saturated rings. The first-order valence-corrected chi connectivity index (χ1v) is 7.07. The first-order chi connectivity index (χ1) is 9.26. The Labute approximate surface area is 113 Å². The average molecular weight is 260 g/mol. The maximum Gasteiger partial charge on any atom is 0.258 e. The Morgan fingerprint density at radius 2 is 2.26 bits per heavy atom. The summed E-state index contributed by atoms with van der Waals surface area (Å²) in [5, 5.41) is 3.37. The smallest absolute Gasteiger partial charge is 0.258 e. The Hall–Kier alpha value is -1.55. The van der Waals surface area contributed by atoms with Gasteiger partial charge < -0.3 is 15.0 Å². The molecule has 1 aromatic carbocycles. The third-order valence-corrected chi connectivity index (χ3v) is 3.98. The van der Waals surface area contributed by atoms with E-state index >= 15 is 0 Å². The molecule has 2 heterocycles. The summed E-state index contributed by atoms with van der Waals surface area (Å²) in [4.78, 5) is 14.5. The number of carbonyl (C=O) groups is 1. The van der Waals surface area contributed by atoms with Crippen molar-refractivity contribution in [2.75, 3.05) is 26.2 Å². The van der Waals surface area contributed by atoms with Crippen molar-refractivity contribution in [3.05, 3.63) is 28.8 Å². The lowest BCUT2D eigenvalue weighted by molar-refractivity contribution is 0.0688. The lowest BCUT2D eigenvalue weighted by Gasteiger charge is -2.30. The van der Waals surface area contributed by atoms with Crippen LogP contribution < -0.4 is 10.1 Å². The molecule has 2 aliphatic heterocycles. The van der Waals surface area contributed by atoms with Gasteiger partial charge in [-0.1, -0.05) is 13.0 Å². The van der Waals surface area contributed by atoms with Crippen LogP contribution in [0.2, 0.25) is 0 Å². The average Bonchev–Trinajstić information content (AvgIpc) is 2.73. The van der Waals surface area contributed by atoms with Crippen molar-refractivity contribution >= 4 is 5.91 Å². The molecular formula is C15H20N2O2. The lowest BCUT2D eigenvalue weighted by Crippen LogP contribution is -2.44. The number of rotatable bonds is 3. The number of hydrogen-bond acceptors (Lipinski definition) is 3. The summed E-state index contributed by atoms with van der Waals surface area (Å²) in [6.45, 7) is 7.18. The number of benzene rings is 1. The van der Waals surface area contributed by atoms with Gasteiger partial charge in [0, 0.05) is 19.6 Å². The van der Waals surface area contributed by atoms with Crippen molar-refractivity contribution in [3.8, 4) is 5.75 Å². The van der Waals surface area contributed by atoms with E-state index in [-0.39, 0.29) is 11.9 Å². The van der Waals surface area contributed by atoms with Crippen LogP contribution in [0.5, 0.6) is 5.75 Å². The third kappa shape index (κ3) is 1.91. The molecule has 0 spiro atoms. The number of carbonyl (C=O) groups excluding carboxylic acids is 1. The Kier molecular flexibility index (Phi) is 3.19. The highest BCUT2D eigenvalue weighted by Gasteiger charge is 2.40. The van der Waals surface area contributed by atoms with E-state index in [4.69, 9.17) is 4.74 Å². The van der Waals surface area contributed by atoms with E-state index in [1.807, 2.05) is 17.9 Å². The number of piperazine rings is 1. The van der Waals surface area contributed by atoms with Crippen LogP contribution >= 0.6 is 0 Å². The van der Waals surface area contributed by atoms with Crippen molar-refractivity contribution in [2.45, 2.75) is 26.3 Å². The molecule has 19 heavy (non-hydrogen) atoms. The molecule has 102 valence electrons. The Balaban J connectivity index is 2.11. The largest absolute Gasteiger partial charge is 0.493 e. The van der Waals surface area contributed by atoms with Gasteiger partial charge in [0.15, 0.2) is 0 Å². The van der Waals surface area contributed by atoms with Gasteiger partial charge >= 0.3 is 0 Å². The molecule has 0 radical (unpaired) electrons. The summed E-state index contributed by atoms with van der Waals surface area (Å²) in [5.41, 5.74) is 3.16. The molecule has 2 aliphatic rings. The van der Waals surface area contributed by atoms with E-state index in [1.165, 1.54) is 5.56 Å². The highest BCUT2D eigenvalue weighted by atomic mass is 16.5. The topological polar surface area (TPSA) is 41.6 Å². The van der Waals surface area contributed by atoms with E-state index in [9.17, 15) is 4.79 Å². The number of amides is 1. The number of nitrogens with one attached hydrogen (secondary N) is 1. The summed E-state index contributed by atoms with van der Waals surface area (Å²) in [6, 6.07) is 4.38.